The molecule has 0 bridgehead atoms. The van der Waals surface area contributed by atoms with Crippen molar-refractivity contribution in [2.75, 3.05) is 18.0 Å². The van der Waals surface area contributed by atoms with E-state index >= 15 is 0 Å². The first-order valence-electron chi connectivity index (χ1n) is 5.99. The highest BCUT2D eigenvalue weighted by molar-refractivity contribution is 5.48. The van der Waals surface area contributed by atoms with Gasteiger partial charge in [-0.3, -0.25) is 0 Å². The van der Waals surface area contributed by atoms with Gasteiger partial charge in [-0.25, -0.2) is 0 Å². The standard InChI is InChI=1S/C12H14F4N2/c1-2-5-18(6-7-3-4-7)10-8(13)11(15)17-12(16)9(10)14/h7H,2-6H2,1H3. The van der Waals surface area contributed by atoms with Crippen LogP contribution >= 0.6 is 0 Å². The smallest absolute Gasteiger partial charge is 0.253 e. The lowest BCUT2D eigenvalue weighted by Crippen LogP contribution is -2.29. The van der Waals surface area contributed by atoms with Crippen LogP contribution in [0.5, 0.6) is 0 Å². The number of anilines is 1. The molecule has 6 heteroatoms. The van der Waals surface area contributed by atoms with Gasteiger partial charge >= 0.3 is 0 Å². The van der Waals surface area contributed by atoms with Crippen LogP contribution < -0.4 is 4.90 Å². The number of hydrogen-bond donors (Lipinski definition) is 0. The highest BCUT2D eigenvalue weighted by atomic mass is 19.2. The van der Waals surface area contributed by atoms with Gasteiger partial charge < -0.3 is 4.90 Å². The first-order chi connectivity index (χ1) is 8.54. The zero-order chi connectivity index (χ0) is 13.3. The van der Waals surface area contributed by atoms with Crippen molar-refractivity contribution < 1.29 is 17.6 Å². The molecule has 0 aromatic carbocycles. The van der Waals surface area contributed by atoms with Gasteiger partial charge in [0.05, 0.1) is 0 Å². The lowest BCUT2D eigenvalue weighted by molar-refractivity contribution is 0.405. The highest BCUT2D eigenvalue weighted by Gasteiger charge is 2.30. The number of hydrogen-bond acceptors (Lipinski definition) is 2. The Hall–Kier alpha value is -1.33. The van der Waals surface area contributed by atoms with Gasteiger partial charge in [0.15, 0.2) is 0 Å². The Morgan fingerprint density at radius 3 is 2.11 bits per heavy atom. The minimum atomic E-state index is -1.60. The Morgan fingerprint density at radius 2 is 1.67 bits per heavy atom. The topological polar surface area (TPSA) is 16.1 Å². The molecule has 100 valence electrons. The maximum atomic E-state index is 13.6. The summed E-state index contributed by atoms with van der Waals surface area (Å²) in [7, 11) is 0. The molecular weight excluding hydrogens is 248 g/mol. The maximum absolute atomic E-state index is 13.6. The second-order valence-corrected chi connectivity index (χ2v) is 4.56. The molecule has 1 aromatic heterocycles. The molecule has 0 N–H and O–H groups in total. The molecule has 0 saturated heterocycles. The number of pyridine rings is 1. The molecule has 1 aliphatic rings. The highest BCUT2D eigenvalue weighted by Crippen LogP contribution is 2.34. The molecule has 2 rings (SSSR count). The van der Waals surface area contributed by atoms with Gasteiger partial charge in [0.1, 0.15) is 5.69 Å². The first kappa shape index (κ1) is 13.1. The van der Waals surface area contributed by atoms with E-state index in [-0.39, 0.29) is 0 Å². The van der Waals surface area contributed by atoms with Crippen molar-refractivity contribution in [3.63, 3.8) is 0 Å². The monoisotopic (exact) mass is 262 g/mol. The predicted molar refractivity (Wildman–Crippen MR) is 59.3 cm³/mol. The van der Waals surface area contributed by atoms with Gasteiger partial charge in [-0.15, -0.1) is 0 Å². The van der Waals surface area contributed by atoms with Crippen molar-refractivity contribution in [1.29, 1.82) is 0 Å². The van der Waals surface area contributed by atoms with E-state index in [9.17, 15) is 17.6 Å². The zero-order valence-corrected chi connectivity index (χ0v) is 10.0. The molecule has 0 amide bonds. The fourth-order valence-electron chi connectivity index (χ4n) is 1.93. The molecule has 1 saturated carbocycles. The third kappa shape index (κ3) is 2.57. The Bertz CT molecular complexity index is 420. The van der Waals surface area contributed by atoms with E-state index in [0.29, 0.717) is 25.4 Å². The lowest BCUT2D eigenvalue weighted by atomic mass is 10.2. The molecule has 1 aromatic rings. The molecular formula is C12H14F4N2. The Kier molecular flexibility index (Phi) is 3.73. The van der Waals surface area contributed by atoms with E-state index < -0.39 is 29.2 Å². The molecule has 0 radical (unpaired) electrons. The Labute approximate surface area is 103 Å². The van der Waals surface area contributed by atoms with Crippen molar-refractivity contribution in [3.05, 3.63) is 23.5 Å². The number of aromatic nitrogens is 1. The van der Waals surface area contributed by atoms with Crippen LogP contribution in [0.3, 0.4) is 0 Å². The van der Waals surface area contributed by atoms with E-state index in [2.05, 4.69) is 4.98 Å². The molecule has 1 fully saturated rings. The zero-order valence-electron chi connectivity index (χ0n) is 10.0. The summed E-state index contributed by atoms with van der Waals surface area (Å²) in [5.41, 5.74) is -0.631. The number of rotatable bonds is 5. The molecule has 0 atom stereocenters. The van der Waals surface area contributed by atoms with E-state index in [1.807, 2.05) is 6.92 Å². The van der Waals surface area contributed by atoms with Gasteiger partial charge in [-0.2, -0.15) is 22.5 Å². The second kappa shape index (κ2) is 5.12. The van der Waals surface area contributed by atoms with Crippen LogP contribution in [0.15, 0.2) is 0 Å². The quantitative estimate of drug-likeness (QED) is 0.598. The summed E-state index contributed by atoms with van der Waals surface area (Å²) in [6, 6.07) is 0. The lowest BCUT2D eigenvalue weighted by Gasteiger charge is -2.25. The second-order valence-electron chi connectivity index (χ2n) is 4.56. The SMILES string of the molecule is CCCN(CC1CC1)c1c(F)c(F)nc(F)c1F. The molecule has 0 aliphatic heterocycles. The fraction of sp³-hybridized carbons (Fsp3) is 0.583. The van der Waals surface area contributed by atoms with Gasteiger partial charge in [-0.1, -0.05) is 6.92 Å². The van der Waals surface area contributed by atoms with Crippen LogP contribution in [0.1, 0.15) is 26.2 Å². The Balaban J connectivity index is 2.37. The summed E-state index contributed by atoms with van der Waals surface area (Å²) in [5.74, 6) is -5.66. The number of nitrogens with zero attached hydrogens (tertiary/aromatic N) is 2. The summed E-state index contributed by atoms with van der Waals surface area (Å²) < 4.78 is 53.3. The van der Waals surface area contributed by atoms with Crippen LogP contribution in [0.4, 0.5) is 23.2 Å². The van der Waals surface area contributed by atoms with Crippen molar-refractivity contribution in [2.45, 2.75) is 26.2 Å². The van der Waals surface area contributed by atoms with E-state index in [1.165, 1.54) is 4.90 Å². The minimum absolute atomic E-state index is 0.354. The van der Waals surface area contributed by atoms with Gasteiger partial charge in [0.2, 0.25) is 11.6 Å². The van der Waals surface area contributed by atoms with E-state index in [0.717, 1.165) is 12.8 Å². The van der Waals surface area contributed by atoms with Crippen LogP contribution in [0.2, 0.25) is 0 Å². The predicted octanol–water partition coefficient (Wildman–Crippen LogP) is 3.26. The molecule has 0 unspecified atom stereocenters. The van der Waals surface area contributed by atoms with Gasteiger partial charge in [-0.05, 0) is 25.2 Å². The van der Waals surface area contributed by atoms with E-state index in [1.54, 1.807) is 0 Å². The average molecular weight is 262 g/mol. The van der Waals surface area contributed by atoms with Crippen molar-refractivity contribution in [1.82, 2.24) is 4.98 Å². The summed E-state index contributed by atoms with van der Waals surface area (Å²) in [6.07, 6.45) is 2.61. The normalized spacial score (nSPS) is 14.9. The molecule has 2 nitrogen and oxygen atoms in total. The minimum Gasteiger partial charge on any atom is -0.366 e. The summed E-state index contributed by atoms with van der Waals surface area (Å²) >= 11 is 0. The fourth-order valence-corrected chi connectivity index (χ4v) is 1.93. The molecule has 18 heavy (non-hydrogen) atoms. The maximum Gasteiger partial charge on any atom is 0.253 e. The van der Waals surface area contributed by atoms with Crippen LogP contribution in [0, 0.1) is 29.4 Å². The largest absolute Gasteiger partial charge is 0.366 e. The summed E-state index contributed by atoms with van der Waals surface area (Å²) in [6.45, 7) is 2.61. The summed E-state index contributed by atoms with van der Waals surface area (Å²) in [4.78, 5) is 3.93. The molecule has 1 heterocycles. The van der Waals surface area contributed by atoms with E-state index in [4.69, 9.17) is 0 Å². The third-order valence-corrected chi connectivity index (χ3v) is 2.96. The number of halogens is 4. The van der Waals surface area contributed by atoms with Crippen molar-refractivity contribution in [2.24, 2.45) is 5.92 Å². The van der Waals surface area contributed by atoms with Crippen molar-refractivity contribution in [3.8, 4) is 0 Å². The Morgan fingerprint density at radius 1 is 1.11 bits per heavy atom. The molecule has 0 spiro atoms. The third-order valence-electron chi connectivity index (χ3n) is 2.96. The van der Waals surface area contributed by atoms with Crippen LogP contribution in [-0.4, -0.2) is 18.1 Å². The first-order valence-corrected chi connectivity index (χ1v) is 5.99. The van der Waals surface area contributed by atoms with Crippen LogP contribution in [0.25, 0.3) is 0 Å². The summed E-state index contributed by atoms with van der Waals surface area (Å²) in [5, 5.41) is 0. The van der Waals surface area contributed by atoms with Gasteiger partial charge in [0.25, 0.3) is 11.9 Å². The molecule has 1 aliphatic carbocycles. The van der Waals surface area contributed by atoms with Crippen molar-refractivity contribution >= 4 is 5.69 Å². The van der Waals surface area contributed by atoms with Gasteiger partial charge in [0, 0.05) is 13.1 Å². The van der Waals surface area contributed by atoms with Crippen LogP contribution in [-0.2, 0) is 0 Å². The average Bonchev–Trinajstić information content (AvgIpc) is 3.11.